The van der Waals surface area contributed by atoms with Crippen LogP contribution in [0.25, 0.3) is 0 Å². The Labute approximate surface area is 424 Å². The molecule has 75 heavy (non-hydrogen) atoms. The van der Waals surface area contributed by atoms with Gasteiger partial charge < -0.3 is 174 Å². The van der Waals surface area contributed by atoms with Crippen LogP contribution in [0.15, 0.2) is 0 Å². The summed E-state index contributed by atoms with van der Waals surface area (Å²) in [6.45, 7) is -8.39. The average Bonchev–Trinajstić information content (AvgIpc) is 3.38. The molecule has 0 saturated carbocycles. The van der Waals surface area contributed by atoms with Gasteiger partial charge in [0.25, 0.3) is 0 Å². The molecule has 9 aliphatic rings. The quantitative estimate of drug-likeness (QED) is 0.0953. The first-order valence-corrected chi connectivity index (χ1v) is 23.2. The van der Waals surface area contributed by atoms with E-state index in [4.69, 9.17) is 66.3 Å². The second-order valence-corrected chi connectivity index (χ2v) is 18.1. The first-order chi connectivity index (χ1) is 35.3. The van der Waals surface area contributed by atoms with Gasteiger partial charge in [-0.15, -0.1) is 0 Å². The van der Waals surface area contributed by atoms with Crippen molar-refractivity contribution in [3.63, 3.8) is 0 Å². The summed E-state index contributed by atoms with van der Waals surface area (Å²) < 4.78 is 75.1. The van der Waals surface area contributed by atoms with E-state index < -0.39 is 237 Å². The number of hydrogen-bond acceptors (Lipinski definition) is 35. The smallest absolute Gasteiger partial charge is 0.244 e. The van der Waals surface area contributed by atoms with E-state index in [9.17, 15) is 107 Å². The number of aliphatic hydroxyl groups is 21. The maximum atomic E-state index is 11.3. The molecule has 0 aromatic rings. The highest BCUT2D eigenvalue weighted by molar-refractivity contribution is 4.99. The summed E-state index contributed by atoms with van der Waals surface area (Å²) in [4.78, 5) is 0. The minimum absolute atomic E-state index is 0.481. The molecule has 0 aromatic heterocycles. The van der Waals surface area contributed by atoms with Crippen LogP contribution >= 0.6 is 0 Å². The van der Waals surface area contributed by atoms with Crippen LogP contribution in [0.4, 0.5) is 0 Å². The molecule has 8 bridgehead atoms. The summed E-state index contributed by atoms with van der Waals surface area (Å²) in [6, 6.07) is 0. The van der Waals surface area contributed by atoms with Crippen LogP contribution in [0.1, 0.15) is 12.8 Å². The number of rotatable bonds is 9. The highest BCUT2D eigenvalue weighted by Crippen LogP contribution is 2.37. The van der Waals surface area contributed by atoms with Crippen LogP contribution < -0.4 is 0 Å². The number of aliphatic hydroxyl groups excluding tert-OH is 17. The van der Waals surface area contributed by atoms with E-state index >= 15 is 0 Å². The molecule has 27 atom stereocenters. The van der Waals surface area contributed by atoms with Gasteiger partial charge in [0.05, 0.1) is 25.4 Å². The molecule has 9 rings (SSSR count). The summed E-state index contributed by atoms with van der Waals surface area (Å²) in [6.07, 6.45) is -55.3. The van der Waals surface area contributed by atoms with Gasteiger partial charge in [0.2, 0.25) is 23.7 Å². The zero-order valence-electron chi connectivity index (χ0n) is 40.1. The molecule has 35 heteroatoms. The molecule has 442 valence electrons. The predicted octanol–water partition coefficient (Wildman–Crippen LogP) is -13.9. The van der Waals surface area contributed by atoms with E-state index in [-0.39, 0.29) is 0 Å². The molecule has 27 unspecified atom stereocenters. The lowest BCUT2D eigenvalue weighted by atomic mass is 9.96. The van der Waals surface area contributed by atoms with Crippen LogP contribution in [0.2, 0.25) is 0 Å². The van der Waals surface area contributed by atoms with Gasteiger partial charge in [-0.25, -0.2) is 0 Å². The molecule has 0 aromatic carbocycles. The zero-order valence-corrected chi connectivity index (χ0v) is 40.1. The lowest BCUT2D eigenvalue weighted by molar-refractivity contribution is -0.451. The zero-order chi connectivity index (χ0) is 55.9. The molecule has 0 amide bonds. The van der Waals surface area contributed by atoms with Crippen molar-refractivity contribution in [1.29, 1.82) is 0 Å². The van der Waals surface area contributed by atoms with Crippen LogP contribution in [-0.4, -0.2) is 346 Å². The van der Waals surface area contributed by atoms with Crippen molar-refractivity contribution in [3.05, 3.63) is 0 Å². The molecule has 9 aliphatic heterocycles. The molecule has 0 aliphatic carbocycles. The molecule has 0 spiro atoms. The van der Waals surface area contributed by atoms with E-state index in [2.05, 4.69) is 0 Å². The van der Waals surface area contributed by atoms with Gasteiger partial charge in [-0.3, -0.25) is 0 Å². The monoisotopic (exact) mass is 1110 g/mol. The molecule has 9 saturated heterocycles. The Morgan fingerprint density at radius 1 is 0.440 bits per heavy atom. The lowest BCUT2D eigenvalue weighted by Gasteiger charge is -2.50. The van der Waals surface area contributed by atoms with Gasteiger partial charge in [0.15, 0.2) is 37.7 Å². The van der Waals surface area contributed by atoms with Crippen molar-refractivity contribution in [2.45, 2.75) is 184 Å². The summed E-state index contributed by atoms with van der Waals surface area (Å²) in [7, 11) is 1.80. The van der Waals surface area contributed by atoms with E-state index in [0.717, 1.165) is 14.2 Å². The van der Waals surface area contributed by atoms with E-state index in [1.165, 1.54) is 0 Å². The van der Waals surface area contributed by atoms with Crippen molar-refractivity contribution >= 4 is 0 Å². The second kappa shape index (κ2) is 27.9. The van der Waals surface area contributed by atoms with Crippen LogP contribution in [0.3, 0.4) is 0 Å². The predicted molar refractivity (Wildman–Crippen MR) is 225 cm³/mol. The molecule has 0 radical (unpaired) electrons. The SMILES string of the molecule is COC1OC2C(CO)OC(OC3C(CO)OC(OC4(O)COC(OC5(O)COC(OC(CCO)C(O)C(O)C(OC)OC(O)(C(O)O)COCOC(CCO)C(O)C1O)C(O)C5O)C(O)C4O)C(O)C3O)C(O)C2O. The summed E-state index contributed by atoms with van der Waals surface area (Å²) >= 11 is 0. The first-order valence-electron chi connectivity index (χ1n) is 23.2. The van der Waals surface area contributed by atoms with E-state index in [0.29, 0.717) is 0 Å². The van der Waals surface area contributed by atoms with Crippen molar-refractivity contribution in [1.82, 2.24) is 0 Å². The van der Waals surface area contributed by atoms with Crippen molar-refractivity contribution < 1.29 is 174 Å². The maximum Gasteiger partial charge on any atom is 0.244 e. The Hall–Kier alpha value is -1.40. The third-order valence-corrected chi connectivity index (χ3v) is 12.9. The third kappa shape index (κ3) is 14.6. The molecule has 35 nitrogen and oxygen atoms in total. The van der Waals surface area contributed by atoms with Gasteiger partial charge in [0.1, 0.15) is 124 Å². The standard InChI is InChI=1S/C40H72O35/c1-62-31-21(49)17(45)13(3-5-41)67-12-64-9-40(61,37(57)58)73-32(63-2)22(50)18(46)14(4-6-42)68-33-25(53)29(55)38(59,10-65-33)74-34-26(54)30(56)39(60,11-66-34)75-36-24(52)20(48)28(16(8-44)70-36)72-35-23(51)19(47)27(71-31)15(7-43)69-35/h13-37,41-61H,3-12H2,1-2H3. The number of hydrogen-bond donors (Lipinski definition) is 21. The second-order valence-electron chi connectivity index (χ2n) is 18.1. The Balaban J connectivity index is 1.44. The number of fused-ring (bicyclic) bond motifs is 4. The van der Waals surface area contributed by atoms with Crippen LogP contribution in [-0.2, 0) is 66.3 Å². The maximum absolute atomic E-state index is 11.3. The third-order valence-electron chi connectivity index (χ3n) is 12.9. The molecular weight excluding hydrogens is 1040 g/mol. The normalized spacial score (nSPS) is 49.9. The summed E-state index contributed by atoms with van der Waals surface area (Å²) in [5.74, 6) is -9.45. The minimum Gasteiger partial charge on any atom is -0.396 e. The number of ether oxygens (including phenoxy) is 14. The molecular formula is C40H72O35. The molecule has 9 fully saturated rings. The lowest BCUT2D eigenvalue weighted by Crippen LogP contribution is -2.70. The number of methoxy groups -OCH3 is 2. The Morgan fingerprint density at radius 2 is 0.893 bits per heavy atom. The fraction of sp³-hybridized carbons (Fsp3) is 1.00. The van der Waals surface area contributed by atoms with Crippen LogP contribution in [0.5, 0.6) is 0 Å². The minimum atomic E-state index is -3.28. The largest absolute Gasteiger partial charge is 0.396 e. The van der Waals surface area contributed by atoms with Crippen LogP contribution in [0, 0.1) is 0 Å². The average molecular weight is 1110 g/mol. The van der Waals surface area contributed by atoms with Crippen molar-refractivity contribution in [2.75, 3.05) is 67.3 Å². The van der Waals surface area contributed by atoms with Gasteiger partial charge >= 0.3 is 0 Å². The fourth-order valence-corrected chi connectivity index (χ4v) is 8.48. The topological polar surface area (TPSA) is 554 Å². The Morgan fingerprint density at radius 3 is 1.43 bits per heavy atom. The van der Waals surface area contributed by atoms with Crippen molar-refractivity contribution in [3.8, 4) is 0 Å². The van der Waals surface area contributed by atoms with E-state index in [1.807, 2.05) is 0 Å². The summed E-state index contributed by atoms with van der Waals surface area (Å²) in [5.41, 5.74) is 0. The molecule has 9 heterocycles. The highest BCUT2D eigenvalue weighted by Gasteiger charge is 2.60. The fourth-order valence-electron chi connectivity index (χ4n) is 8.48. The Bertz CT molecular complexity index is 1680. The van der Waals surface area contributed by atoms with E-state index in [1.54, 1.807) is 0 Å². The van der Waals surface area contributed by atoms with Gasteiger partial charge in [-0.1, -0.05) is 0 Å². The molecule has 21 N–H and O–H groups in total. The summed E-state index contributed by atoms with van der Waals surface area (Å²) in [5, 5.41) is 227. The highest BCUT2D eigenvalue weighted by atomic mass is 16.8. The van der Waals surface area contributed by atoms with Gasteiger partial charge in [-0.2, -0.15) is 0 Å². The van der Waals surface area contributed by atoms with Crippen molar-refractivity contribution in [2.24, 2.45) is 0 Å². The first kappa shape index (κ1) is 64.4. The Kier molecular flexibility index (Phi) is 23.9. The van der Waals surface area contributed by atoms with Gasteiger partial charge in [-0.05, 0) is 12.8 Å². The van der Waals surface area contributed by atoms with Gasteiger partial charge in [0, 0.05) is 27.4 Å².